The Hall–Kier alpha value is -1.01. The Morgan fingerprint density at radius 3 is 2.71 bits per heavy atom. The lowest BCUT2D eigenvalue weighted by molar-refractivity contribution is -0.118. The van der Waals surface area contributed by atoms with E-state index < -0.39 is 5.41 Å². The molecule has 0 atom stereocenters. The standard InChI is InChI=1S/C11H15N3OS2/c1-3-7-6(2)17-10(13-7)14-9(15)11(4-5-11)8(12)16/h3-5H2,1-2H3,(H2,12,16)(H,13,14,15). The lowest BCUT2D eigenvalue weighted by Crippen LogP contribution is -2.34. The number of amides is 1. The Morgan fingerprint density at radius 1 is 1.65 bits per heavy atom. The summed E-state index contributed by atoms with van der Waals surface area (Å²) < 4.78 is 0. The molecule has 1 amide bonds. The van der Waals surface area contributed by atoms with Crippen LogP contribution in [-0.2, 0) is 11.2 Å². The van der Waals surface area contributed by atoms with E-state index in [0.29, 0.717) is 10.1 Å². The molecule has 1 heterocycles. The van der Waals surface area contributed by atoms with Crippen LogP contribution in [-0.4, -0.2) is 15.9 Å². The van der Waals surface area contributed by atoms with Gasteiger partial charge in [-0.2, -0.15) is 0 Å². The third kappa shape index (κ3) is 2.19. The number of anilines is 1. The molecule has 2 rings (SSSR count). The van der Waals surface area contributed by atoms with Crippen molar-refractivity contribution in [2.45, 2.75) is 33.1 Å². The Labute approximate surface area is 110 Å². The van der Waals surface area contributed by atoms with Crippen LogP contribution in [0.5, 0.6) is 0 Å². The molecule has 0 aliphatic heterocycles. The first-order valence-electron chi connectivity index (χ1n) is 5.57. The van der Waals surface area contributed by atoms with E-state index in [2.05, 4.69) is 10.3 Å². The second-order valence-electron chi connectivity index (χ2n) is 4.28. The van der Waals surface area contributed by atoms with E-state index in [-0.39, 0.29) is 5.91 Å². The fourth-order valence-electron chi connectivity index (χ4n) is 1.74. The second kappa shape index (κ2) is 4.34. The lowest BCUT2D eigenvalue weighted by atomic mass is 10.1. The zero-order valence-corrected chi connectivity index (χ0v) is 11.5. The molecule has 0 saturated heterocycles. The first-order valence-corrected chi connectivity index (χ1v) is 6.79. The van der Waals surface area contributed by atoms with E-state index in [0.717, 1.165) is 29.8 Å². The van der Waals surface area contributed by atoms with E-state index in [1.54, 1.807) is 0 Å². The Bertz CT molecular complexity index is 477. The molecular formula is C11H15N3OS2. The van der Waals surface area contributed by atoms with E-state index in [4.69, 9.17) is 18.0 Å². The van der Waals surface area contributed by atoms with Gasteiger partial charge in [0, 0.05) is 4.88 Å². The smallest absolute Gasteiger partial charge is 0.239 e. The van der Waals surface area contributed by atoms with Gasteiger partial charge in [0.25, 0.3) is 0 Å². The highest BCUT2D eigenvalue weighted by Crippen LogP contribution is 2.47. The maximum Gasteiger partial charge on any atom is 0.239 e. The minimum Gasteiger partial charge on any atom is -0.392 e. The Balaban J connectivity index is 2.11. The van der Waals surface area contributed by atoms with Crippen LogP contribution in [0, 0.1) is 12.3 Å². The molecule has 1 fully saturated rings. The molecule has 1 aromatic rings. The number of aryl methyl sites for hydroxylation is 2. The van der Waals surface area contributed by atoms with Gasteiger partial charge in [-0.15, -0.1) is 11.3 Å². The molecule has 0 unspecified atom stereocenters. The largest absolute Gasteiger partial charge is 0.392 e. The summed E-state index contributed by atoms with van der Waals surface area (Å²) in [5.41, 5.74) is 6.03. The van der Waals surface area contributed by atoms with E-state index in [1.165, 1.54) is 11.3 Å². The summed E-state index contributed by atoms with van der Waals surface area (Å²) in [5.74, 6) is -0.110. The number of thiocarbonyl (C=S) groups is 1. The maximum absolute atomic E-state index is 12.0. The highest BCUT2D eigenvalue weighted by Gasteiger charge is 2.52. The van der Waals surface area contributed by atoms with Crippen LogP contribution < -0.4 is 11.1 Å². The summed E-state index contributed by atoms with van der Waals surface area (Å²) in [7, 11) is 0. The molecule has 0 bridgehead atoms. The zero-order chi connectivity index (χ0) is 12.6. The average Bonchev–Trinajstić information content (AvgIpc) is 3.00. The van der Waals surface area contributed by atoms with Crippen LogP contribution in [0.4, 0.5) is 5.13 Å². The number of rotatable bonds is 4. The van der Waals surface area contributed by atoms with Crippen molar-refractivity contribution in [3.05, 3.63) is 10.6 Å². The molecule has 0 aromatic carbocycles. The van der Waals surface area contributed by atoms with Crippen molar-refractivity contribution in [3.8, 4) is 0 Å². The monoisotopic (exact) mass is 269 g/mol. The molecule has 1 aromatic heterocycles. The molecule has 0 radical (unpaired) electrons. The maximum atomic E-state index is 12.0. The second-order valence-corrected chi connectivity index (χ2v) is 5.92. The minimum absolute atomic E-state index is 0.110. The first-order chi connectivity index (χ1) is 7.99. The quantitative estimate of drug-likeness (QED) is 0.821. The number of thiazole rings is 1. The number of nitrogens with one attached hydrogen (secondary N) is 1. The predicted molar refractivity (Wildman–Crippen MR) is 73.3 cm³/mol. The molecule has 17 heavy (non-hydrogen) atoms. The van der Waals surface area contributed by atoms with Crippen molar-refractivity contribution in [1.29, 1.82) is 0 Å². The average molecular weight is 269 g/mol. The van der Waals surface area contributed by atoms with Crippen LogP contribution in [0.15, 0.2) is 0 Å². The summed E-state index contributed by atoms with van der Waals surface area (Å²) in [6, 6.07) is 0. The van der Waals surface area contributed by atoms with Gasteiger partial charge in [-0.25, -0.2) is 4.98 Å². The number of nitrogens with two attached hydrogens (primary N) is 1. The van der Waals surface area contributed by atoms with Gasteiger partial charge in [0.15, 0.2) is 5.13 Å². The van der Waals surface area contributed by atoms with Crippen LogP contribution >= 0.6 is 23.6 Å². The van der Waals surface area contributed by atoms with Crippen molar-refractivity contribution in [3.63, 3.8) is 0 Å². The highest BCUT2D eigenvalue weighted by molar-refractivity contribution is 7.80. The van der Waals surface area contributed by atoms with Gasteiger partial charge in [0.2, 0.25) is 5.91 Å². The van der Waals surface area contributed by atoms with E-state index in [1.807, 2.05) is 13.8 Å². The first kappa shape index (κ1) is 12.4. The molecule has 1 aliphatic carbocycles. The third-order valence-corrected chi connectivity index (χ3v) is 4.42. The summed E-state index contributed by atoms with van der Waals surface area (Å²) >= 11 is 6.44. The summed E-state index contributed by atoms with van der Waals surface area (Å²) in [4.78, 5) is 17.8. The van der Waals surface area contributed by atoms with Gasteiger partial charge in [-0.1, -0.05) is 19.1 Å². The number of nitrogens with zero attached hydrogens (tertiary/aromatic N) is 1. The number of hydrogen-bond acceptors (Lipinski definition) is 4. The number of hydrogen-bond donors (Lipinski definition) is 2. The molecule has 4 nitrogen and oxygen atoms in total. The van der Waals surface area contributed by atoms with Gasteiger partial charge in [0.1, 0.15) is 0 Å². The van der Waals surface area contributed by atoms with Gasteiger partial charge in [-0.3, -0.25) is 4.79 Å². The Morgan fingerprint density at radius 2 is 2.29 bits per heavy atom. The van der Waals surface area contributed by atoms with E-state index in [9.17, 15) is 4.79 Å². The summed E-state index contributed by atoms with van der Waals surface area (Å²) in [5, 5.41) is 3.47. The molecule has 1 saturated carbocycles. The van der Waals surface area contributed by atoms with Crippen LogP contribution in [0.25, 0.3) is 0 Å². The van der Waals surface area contributed by atoms with Crippen LogP contribution in [0.1, 0.15) is 30.3 Å². The minimum atomic E-state index is -0.610. The lowest BCUT2D eigenvalue weighted by Gasteiger charge is -2.11. The van der Waals surface area contributed by atoms with Crippen molar-refractivity contribution in [2.75, 3.05) is 5.32 Å². The number of aromatic nitrogens is 1. The third-order valence-electron chi connectivity index (χ3n) is 3.10. The zero-order valence-electron chi connectivity index (χ0n) is 9.87. The fourth-order valence-corrected chi connectivity index (χ4v) is 2.93. The molecule has 1 aliphatic rings. The highest BCUT2D eigenvalue weighted by atomic mass is 32.1. The van der Waals surface area contributed by atoms with E-state index >= 15 is 0 Å². The fraction of sp³-hybridized carbons (Fsp3) is 0.545. The molecular weight excluding hydrogens is 254 g/mol. The molecule has 6 heteroatoms. The summed E-state index contributed by atoms with van der Waals surface area (Å²) in [6.45, 7) is 4.05. The van der Waals surface area contributed by atoms with Crippen molar-refractivity contribution in [1.82, 2.24) is 4.98 Å². The molecule has 0 spiro atoms. The predicted octanol–water partition coefficient (Wildman–Crippen LogP) is 2.02. The number of carbonyl (C=O) groups is 1. The number of carbonyl (C=O) groups excluding carboxylic acids is 1. The summed E-state index contributed by atoms with van der Waals surface area (Å²) in [6.07, 6.45) is 2.37. The van der Waals surface area contributed by atoms with Gasteiger partial charge >= 0.3 is 0 Å². The topological polar surface area (TPSA) is 68.0 Å². The normalized spacial score (nSPS) is 16.6. The van der Waals surface area contributed by atoms with Crippen LogP contribution in [0.2, 0.25) is 0 Å². The molecule has 92 valence electrons. The SMILES string of the molecule is CCc1nc(NC(=O)C2(C(N)=S)CC2)sc1C. The van der Waals surface area contributed by atoms with Crippen molar-refractivity contribution < 1.29 is 4.79 Å². The van der Waals surface area contributed by atoms with Crippen molar-refractivity contribution >= 4 is 39.6 Å². The van der Waals surface area contributed by atoms with Crippen molar-refractivity contribution in [2.24, 2.45) is 11.1 Å². The van der Waals surface area contributed by atoms with Gasteiger partial charge in [-0.05, 0) is 26.2 Å². The molecule has 3 N–H and O–H groups in total. The van der Waals surface area contributed by atoms with Crippen LogP contribution in [0.3, 0.4) is 0 Å². The Kier molecular flexibility index (Phi) is 3.18. The van der Waals surface area contributed by atoms with Gasteiger partial charge < -0.3 is 11.1 Å². The van der Waals surface area contributed by atoms with Gasteiger partial charge in [0.05, 0.1) is 16.1 Å².